The van der Waals surface area contributed by atoms with E-state index in [2.05, 4.69) is 66.7 Å². The summed E-state index contributed by atoms with van der Waals surface area (Å²) < 4.78 is 0. The molecule has 0 aliphatic carbocycles. The number of carbonyl (C=O) groups is 1. The molecular formula is C20H24N4O. The van der Waals surface area contributed by atoms with Crippen LogP contribution in [0.5, 0.6) is 0 Å². The number of benzene rings is 2. The molecule has 0 atom stereocenters. The standard InChI is InChI=1S/C20H24N4O/c1-12(2)16-6-5-7-17(13(3)4)19(16)23-20(25)22-15-9-8-14-11-21-24-18(14)10-15/h5-13H,1-4H3,(H,21,24)(H2,22,23,25). The number of H-pyrrole nitrogens is 1. The molecule has 0 bridgehead atoms. The van der Waals surface area contributed by atoms with Crippen LogP contribution in [0, 0.1) is 0 Å². The third kappa shape index (κ3) is 3.65. The first kappa shape index (κ1) is 17.0. The van der Waals surface area contributed by atoms with Gasteiger partial charge in [0.25, 0.3) is 0 Å². The summed E-state index contributed by atoms with van der Waals surface area (Å²) in [7, 11) is 0. The zero-order valence-corrected chi connectivity index (χ0v) is 15.1. The molecule has 0 spiro atoms. The zero-order chi connectivity index (χ0) is 18.0. The number of urea groups is 1. The monoisotopic (exact) mass is 336 g/mol. The van der Waals surface area contributed by atoms with Crippen molar-refractivity contribution in [2.24, 2.45) is 0 Å². The number of hydrogen-bond donors (Lipinski definition) is 3. The first-order chi connectivity index (χ1) is 12.0. The summed E-state index contributed by atoms with van der Waals surface area (Å²) in [4.78, 5) is 12.6. The number of aromatic amines is 1. The zero-order valence-electron chi connectivity index (χ0n) is 15.1. The molecule has 0 saturated heterocycles. The Morgan fingerprint density at radius 1 is 1.00 bits per heavy atom. The quantitative estimate of drug-likeness (QED) is 0.592. The predicted molar refractivity (Wildman–Crippen MR) is 103 cm³/mol. The van der Waals surface area contributed by atoms with Crippen LogP contribution in [0.25, 0.3) is 10.9 Å². The molecule has 0 aliphatic heterocycles. The van der Waals surface area contributed by atoms with Gasteiger partial charge in [0.15, 0.2) is 0 Å². The molecule has 0 unspecified atom stereocenters. The maximum atomic E-state index is 12.6. The number of nitrogens with zero attached hydrogens (tertiary/aromatic N) is 1. The summed E-state index contributed by atoms with van der Waals surface area (Å²) >= 11 is 0. The molecule has 25 heavy (non-hydrogen) atoms. The molecular weight excluding hydrogens is 312 g/mol. The Balaban J connectivity index is 1.84. The van der Waals surface area contributed by atoms with Gasteiger partial charge in [0, 0.05) is 16.8 Å². The van der Waals surface area contributed by atoms with Gasteiger partial charge in [-0.25, -0.2) is 4.79 Å². The number of aromatic nitrogens is 2. The molecule has 130 valence electrons. The Kier molecular flexibility index (Phi) is 4.74. The van der Waals surface area contributed by atoms with Crippen molar-refractivity contribution in [3.63, 3.8) is 0 Å². The van der Waals surface area contributed by atoms with Crippen LogP contribution in [0.4, 0.5) is 16.2 Å². The second kappa shape index (κ2) is 6.97. The molecule has 3 N–H and O–H groups in total. The van der Waals surface area contributed by atoms with Crippen LogP contribution < -0.4 is 10.6 Å². The maximum absolute atomic E-state index is 12.6. The number of rotatable bonds is 4. The summed E-state index contributed by atoms with van der Waals surface area (Å²) in [6.07, 6.45) is 1.76. The SMILES string of the molecule is CC(C)c1cccc(C(C)C)c1NC(=O)Nc1ccc2cn[nH]c2c1. The summed E-state index contributed by atoms with van der Waals surface area (Å²) in [5, 5.41) is 13.9. The fourth-order valence-electron chi connectivity index (χ4n) is 2.99. The van der Waals surface area contributed by atoms with E-state index in [0.717, 1.165) is 33.4 Å². The van der Waals surface area contributed by atoms with Crippen molar-refractivity contribution in [2.45, 2.75) is 39.5 Å². The average molecular weight is 336 g/mol. The van der Waals surface area contributed by atoms with Crippen LogP contribution in [-0.4, -0.2) is 16.2 Å². The van der Waals surface area contributed by atoms with Gasteiger partial charge >= 0.3 is 6.03 Å². The minimum Gasteiger partial charge on any atom is -0.308 e. The Morgan fingerprint density at radius 3 is 2.32 bits per heavy atom. The van der Waals surface area contributed by atoms with Crippen molar-refractivity contribution in [2.75, 3.05) is 10.6 Å². The number of hydrogen-bond acceptors (Lipinski definition) is 2. The van der Waals surface area contributed by atoms with Crippen molar-refractivity contribution in [1.82, 2.24) is 10.2 Å². The first-order valence-corrected chi connectivity index (χ1v) is 8.59. The average Bonchev–Trinajstić information content (AvgIpc) is 3.02. The Morgan fingerprint density at radius 2 is 1.68 bits per heavy atom. The highest BCUT2D eigenvalue weighted by atomic mass is 16.2. The van der Waals surface area contributed by atoms with Gasteiger partial charge in [0.2, 0.25) is 0 Å². The van der Waals surface area contributed by atoms with Gasteiger partial charge in [-0.2, -0.15) is 5.10 Å². The molecule has 3 aromatic rings. The Bertz CT molecular complexity index is 869. The lowest BCUT2D eigenvalue weighted by Gasteiger charge is -2.20. The van der Waals surface area contributed by atoms with E-state index in [4.69, 9.17) is 0 Å². The van der Waals surface area contributed by atoms with Gasteiger partial charge in [-0.1, -0.05) is 45.9 Å². The van der Waals surface area contributed by atoms with E-state index in [1.165, 1.54) is 0 Å². The molecule has 2 amide bonds. The molecule has 3 rings (SSSR count). The molecule has 0 aliphatic rings. The number of para-hydroxylation sites is 1. The van der Waals surface area contributed by atoms with Gasteiger partial charge in [-0.15, -0.1) is 0 Å². The van der Waals surface area contributed by atoms with E-state index in [0.29, 0.717) is 11.8 Å². The number of carbonyl (C=O) groups excluding carboxylic acids is 1. The summed E-state index contributed by atoms with van der Waals surface area (Å²) in [6.45, 7) is 8.53. The second-order valence-corrected chi connectivity index (χ2v) is 6.87. The summed E-state index contributed by atoms with van der Waals surface area (Å²) in [5.41, 5.74) is 4.81. The Hall–Kier alpha value is -2.82. The van der Waals surface area contributed by atoms with Crippen LogP contribution in [-0.2, 0) is 0 Å². The van der Waals surface area contributed by atoms with Crippen LogP contribution in [0.3, 0.4) is 0 Å². The van der Waals surface area contributed by atoms with Crippen LogP contribution in [0.2, 0.25) is 0 Å². The van der Waals surface area contributed by atoms with E-state index in [-0.39, 0.29) is 6.03 Å². The molecule has 2 aromatic carbocycles. The lowest BCUT2D eigenvalue weighted by molar-refractivity contribution is 0.262. The number of anilines is 2. The second-order valence-electron chi connectivity index (χ2n) is 6.87. The lowest BCUT2D eigenvalue weighted by atomic mass is 9.93. The van der Waals surface area contributed by atoms with Crippen molar-refractivity contribution in [1.29, 1.82) is 0 Å². The summed E-state index contributed by atoms with van der Waals surface area (Å²) in [5.74, 6) is 0.658. The van der Waals surface area contributed by atoms with Crippen molar-refractivity contribution in [3.8, 4) is 0 Å². The van der Waals surface area contributed by atoms with Gasteiger partial charge in [0.05, 0.1) is 11.7 Å². The fraction of sp³-hybridized carbons (Fsp3) is 0.300. The number of nitrogens with one attached hydrogen (secondary N) is 3. The van der Waals surface area contributed by atoms with Gasteiger partial charge < -0.3 is 10.6 Å². The van der Waals surface area contributed by atoms with Gasteiger partial charge in [-0.3, -0.25) is 5.10 Å². The highest BCUT2D eigenvalue weighted by Crippen LogP contribution is 2.32. The largest absolute Gasteiger partial charge is 0.323 e. The molecule has 0 radical (unpaired) electrons. The van der Waals surface area contributed by atoms with E-state index < -0.39 is 0 Å². The highest BCUT2D eigenvalue weighted by molar-refractivity contribution is 6.01. The molecule has 5 nitrogen and oxygen atoms in total. The van der Waals surface area contributed by atoms with Crippen molar-refractivity contribution >= 4 is 28.3 Å². The van der Waals surface area contributed by atoms with E-state index >= 15 is 0 Å². The van der Waals surface area contributed by atoms with Crippen LogP contribution in [0.15, 0.2) is 42.6 Å². The molecule has 5 heteroatoms. The van der Waals surface area contributed by atoms with E-state index in [1.54, 1.807) is 6.20 Å². The van der Waals surface area contributed by atoms with Crippen LogP contribution in [0.1, 0.15) is 50.7 Å². The summed E-state index contributed by atoms with van der Waals surface area (Å²) in [6, 6.07) is 11.6. The minimum atomic E-state index is -0.242. The fourth-order valence-corrected chi connectivity index (χ4v) is 2.99. The van der Waals surface area contributed by atoms with E-state index in [1.807, 2.05) is 18.2 Å². The molecule has 1 aromatic heterocycles. The maximum Gasteiger partial charge on any atom is 0.323 e. The third-order valence-corrected chi connectivity index (χ3v) is 4.31. The molecule has 0 fully saturated rings. The molecule has 1 heterocycles. The molecule has 0 saturated carbocycles. The normalized spacial score (nSPS) is 11.3. The van der Waals surface area contributed by atoms with Gasteiger partial charge in [-0.05, 0) is 41.2 Å². The van der Waals surface area contributed by atoms with Crippen LogP contribution >= 0.6 is 0 Å². The van der Waals surface area contributed by atoms with Gasteiger partial charge in [0.1, 0.15) is 0 Å². The lowest BCUT2D eigenvalue weighted by Crippen LogP contribution is -2.21. The highest BCUT2D eigenvalue weighted by Gasteiger charge is 2.16. The third-order valence-electron chi connectivity index (χ3n) is 4.31. The number of fused-ring (bicyclic) bond motifs is 1. The Labute approximate surface area is 147 Å². The minimum absolute atomic E-state index is 0.242. The topological polar surface area (TPSA) is 69.8 Å². The predicted octanol–water partition coefficient (Wildman–Crippen LogP) is 5.45. The smallest absolute Gasteiger partial charge is 0.308 e. The van der Waals surface area contributed by atoms with Crippen molar-refractivity contribution < 1.29 is 4.79 Å². The van der Waals surface area contributed by atoms with E-state index in [9.17, 15) is 4.79 Å². The number of amides is 2. The first-order valence-electron chi connectivity index (χ1n) is 8.59. The van der Waals surface area contributed by atoms with Crippen molar-refractivity contribution in [3.05, 3.63) is 53.7 Å².